The average Bonchev–Trinajstić information content (AvgIpc) is 2.48. The highest BCUT2D eigenvalue weighted by Crippen LogP contribution is 2.59. The van der Waals surface area contributed by atoms with Gasteiger partial charge in [-0.25, -0.2) is 13.1 Å². The monoisotopic (exact) mass is 407 g/mol. The lowest BCUT2D eigenvalue weighted by Crippen LogP contribution is -2.51. The summed E-state index contributed by atoms with van der Waals surface area (Å²) < 4.78 is 28.2. The Morgan fingerprint density at radius 1 is 0.917 bits per heavy atom. The Morgan fingerprint density at radius 2 is 1.42 bits per heavy atom. The molecule has 0 unspecified atom stereocenters. The van der Waals surface area contributed by atoms with Crippen molar-refractivity contribution in [2.24, 2.45) is 23.2 Å². The highest BCUT2D eigenvalue weighted by Gasteiger charge is 2.51. The van der Waals surface area contributed by atoms with Gasteiger partial charge in [-0.2, -0.15) is 0 Å². The molecule has 4 aliphatic rings. The minimum atomic E-state index is -3.70. The van der Waals surface area contributed by atoms with Gasteiger partial charge in [-0.05, 0) is 73.8 Å². The standard InChI is InChI=1S/C17H20Cl3NO2S/c18-13-4-15(20)16(5-14(13)19)24(22,23)21-9-17-6-10-1-11(7-17)3-12(2-10)8-17/h4-5,10-12,21H,1-3,6-9H2. The summed E-state index contributed by atoms with van der Waals surface area (Å²) in [4.78, 5) is 0.00305. The van der Waals surface area contributed by atoms with Crippen molar-refractivity contribution in [3.8, 4) is 0 Å². The maximum Gasteiger partial charge on any atom is 0.242 e. The Morgan fingerprint density at radius 3 is 1.96 bits per heavy atom. The molecule has 0 radical (unpaired) electrons. The van der Waals surface area contributed by atoms with Gasteiger partial charge in [0.1, 0.15) is 4.90 Å². The Kier molecular flexibility index (Phi) is 4.37. The first-order valence-corrected chi connectivity index (χ1v) is 11.0. The van der Waals surface area contributed by atoms with Gasteiger partial charge in [0.15, 0.2) is 0 Å². The normalized spacial score (nSPS) is 34.7. The first-order chi connectivity index (χ1) is 11.3. The zero-order valence-electron chi connectivity index (χ0n) is 13.2. The molecule has 7 heteroatoms. The van der Waals surface area contributed by atoms with Crippen LogP contribution in [0.2, 0.25) is 15.1 Å². The fraction of sp³-hybridized carbons (Fsp3) is 0.647. The number of rotatable bonds is 4. The molecule has 1 aromatic rings. The van der Waals surface area contributed by atoms with Gasteiger partial charge < -0.3 is 0 Å². The smallest absolute Gasteiger partial charge is 0.211 e. The second-order valence-corrected chi connectivity index (χ2v) is 10.9. The van der Waals surface area contributed by atoms with E-state index in [1.807, 2.05) is 0 Å². The van der Waals surface area contributed by atoms with Gasteiger partial charge >= 0.3 is 0 Å². The molecule has 0 atom stereocenters. The lowest BCUT2D eigenvalue weighted by Gasteiger charge is -2.56. The lowest BCUT2D eigenvalue weighted by molar-refractivity contribution is -0.0487. The van der Waals surface area contributed by atoms with Crippen molar-refractivity contribution in [3.63, 3.8) is 0 Å². The average molecular weight is 409 g/mol. The summed E-state index contributed by atoms with van der Waals surface area (Å²) >= 11 is 17.9. The predicted molar refractivity (Wildman–Crippen MR) is 97.3 cm³/mol. The highest BCUT2D eigenvalue weighted by molar-refractivity contribution is 7.89. The van der Waals surface area contributed by atoms with Crippen LogP contribution in [0.3, 0.4) is 0 Å². The molecule has 4 aliphatic carbocycles. The second kappa shape index (κ2) is 6.02. The summed E-state index contributed by atoms with van der Waals surface area (Å²) in [5.41, 5.74) is 0.129. The molecule has 0 aliphatic heterocycles. The molecule has 4 saturated carbocycles. The van der Waals surface area contributed by atoms with Gasteiger partial charge in [-0.3, -0.25) is 0 Å². The van der Waals surface area contributed by atoms with Crippen LogP contribution in [-0.2, 0) is 10.0 Å². The summed E-state index contributed by atoms with van der Waals surface area (Å²) in [7, 11) is -3.70. The van der Waals surface area contributed by atoms with Gasteiger partial charge in [0, 0.05) is 6.54 Å². The largest absolute Gasteiger partial charge is 0.242 e. The van der Waals surface area contributed by atoms with Crippen LogP contribution in [0, 0.1) is 23.2 Å². The third-order valence-corrected chi connectivity index (χ3v) is 8.65. The molecular formula is C17H20Cl3NO2S. The Hall–Kier alpha value is -0.000000000000000167. The molecule has 0 amide bonds. The zero-order valence-corrected chi connectivity index (χ0v) is 16.3. The van der Waals surface area contributed by atoms with Crippen LogP contribution in [0.5, 0.6) is 0 Å². The summed E-state index contributed by atoms with van der Waals surface area (Å²) in [6.45, 7) is 0.495. The molecule has 4 bridgehead atoms. The van der Waals surface area contributed by atoms with Crippen LogP contribution >= 0.6 is 34.8 Å². The van der Waals surface area contributed by atoms with Crippen LogP contribution in [0.4, 0.5) is 0 Å². The van der Waals surface area contributed by atoms with Gasteiger partial charge in [0.25, 0.3) is 0 Å². The van der Waals surface area contributed by atoms with Crippen LogP contribution < -0.4 is 4.72 Å². The van der Waals surface area contributed by atoms with E-state index in [1.165, 1.54) is 31.4 Å². The van der Waals surface area contributed by atoms with E-state index in [4.69, 9.17) is 34.8 Å². The summed E-state index contributed by atoms with van der Waals surface area (Å²) in [5, 5.41) is 0.542. The van der Waals surface area contributed by atoms with Crippen molar-refractivity contribution in [1.82, 2.24) is 4.72 Å². The number of hydrogen-bond donors (Lipinski definition) is 1. The lowest BCUT2D eigenvalue weighted by atomic mass is 9.50. The van der Waals surface area contributed by atoms with Gasteiger partial charge in [0.2, 0.25) is 10.0 Å². The molecule has 4 fully saturated rings. The van der Waals surface area contributed by atoms with Crippen molar-refractivity contribution in [3.05, 3.63) is 27.2 Å². The van der Waals surface area contributed by atoms with E-state index in [2.05, 4.69) is 4.72 Å². The minimum absolute atomic E-state index is 0.00305. The number of benzene rings is 1. The predicted octanol–water partition coefficient (Wildman–Crippen LogP) is 5.14. The molecular weight excluding hydrogens is 389 g/mol. The van der Waals surface area contributed by atoms with E-state index in [0.717, 1.165) is 37.0 Å². The molecule has 1 N–H and O–H groups in total. The van der Waals surface area contributed by atoms with E-state index < -0.39 is 10.0 Å². The highest BCUT2D eigenvalue weighted by atomic mass is 35.5. The summed E-state index contributed by atoms with van der Waals surface area (Å²) in [6, 6.07) is 2.71. The fourth-order valence-corrected chi connectivity index (χ4v) is 7.70. The third kappa shape index (κ3) is 3.09. The van der Waals surface area contributed by atoms with Crippen molar-refractivity contribution in [2.45, 2.75) is 43.4 Å². The van der Waals surface area contributed by atoms with E-state index in [0.29, 0.717) is 6.54 Å². The number of halogens is 3. The SMILES string of the molecule is O=S(=O)(NCC12CC3CC(CC(C3)C1)C2)c1cc(Cl)c(Cl)cc1Cl. The van der Waals surface area contributed by atoms with Gasteiger partial charge in [-0.1, -0.05) is 34.8 Å². The Labute approximate surface area is 158 Å². The number of sulfonamides is 1. The van der Waals surface area contributed by atoms with Gasteiger partial charge in [-0.15, -0.1) is 0 Å². The quantitative estimate of drug-likeness (QED) is 0.701. The van der Waals surface area contributed by atoms with Crippen molar-refractivity contribution < 1.29 is 8.42 Å². The van der Waals surface area contributed by atoms with E-state index in [-0.39, 0.29) is 25.4 Å². The zero-order chi connectivity index (χ0) is 17.1. The van der Waals surface area contributed by atoms with Crippen LogP contribution in [0.15, 0.2) is 17.0 Å². The van der Waals surface area contributed by atoms with Crippen molar-refractivity contribution in [1.29, 1.82) is 0 Å². The van der Waals surface area contributed by atoms with Crippen LogP contribution in [0.1, 0.15) is 38.5 Å². The Bertz CT molecular complexity index is 743. The van der Waals surface area contributed by atoms with E-state index in [1.54, 1.807) is 0 Å². The minimum Gasteiger partial charge on any atom is -0.211 e. The van der Waals surface area contributed by atoms with Gasteiger partial charge in [0.05, 0.1) is 15.1 Å². The number of nitrogens with one attached hydrogen (secondary N) is 1. The third-order valence-electron chi connectivity index (χ3n) is 6.07. The molecule has 0 saturated heterocycles. The van der Waals surface area contributed by atoms with Crippen molar-refractivity contribution in [2.75, 3.05) is 6.54 Å². The number of hydrogen-bond acceptors (Lipinski definition) is 2. The van der Waals surface area contributed by atoms with E-state index >= 15 is 0 Å². The first kappa shape index (κ1) is 17.4. The molecule has 0 spiro atoms. The molecule has 0 heterocycles. The van der Waals surface area contributed by atoms with Crippen molar-refractivity contribution >= 4 is 44.8 Å². The van der Waals surface area contributed by atoms with E-state index in [9.17, 15) is 8.42 Å². The topological polar surface area (TPSA) is 46.2 Å². The summed E-state index contributed by atoms with van der Waals surface area (Å²) in [6.07, 6.45) is 7.46. The van der Waals surface area contributed by atoms with Crippen LogP contribution in [0.25, 0.3) is 0 Å². The Balaban J connectivity index is 1.54. The fourth-order valence-electron chi connectivity index (χ4n) is 5.54. The molecule has 0 aromatic heterocycles. The molecule has 1 aromatic carbocycles. The van der Waals surface area contributed by atoms with Crippen LogP contribution in [-0.4, -0.2) is 15.0 Å². The first-order valence-electron chi connectivity index (χ1n) is 8.41. The molecule has 132 valence electrons. The maximum atomic E-state index is 12.7. The molecule has 3 nitrogen and oxygen atoms in total. The molecule has 5 rings (SSSR count). The molecule has 24 heavy (non-hydrogen) atoms. The summed E-state index contributed by atoms with van der Waals surface area (Å²) in [5.74, 6) is 2.36. The maximum absolute atomic E-state index is 12.7. The second-order valence-electron chi connectivity index (χ2n) is 7.94.